The molecule has 0 unspecified atom stereocenters. The Morgan fingerprint density at radius 2 is 1.94 bits per heavy atom. The molecule has 1 atom stereocenters. The zero-order valence-electron chi connectivity index (χ0n) is 20.5. The summed E-state index contributed by atoms with van der Waals surface area (Å²) in [6.45, 7) is 6.64. The van der Waals surface area contributed by atoms with Gasteiger partial charge >= 0.3 is 12.1 Å². The topological polar surface area (TPSA) is 127 Å². The first-order chi connectivity index (χ1) is 17.2. The van der Waals surface area contributed by atoms with Crippen molar-refractivity contribution >= 4 is 17.7 Å². The summed E-state index contributed by atoms with van der Waals surface area (Å²) < 4.78 is 11.6. The number of nitrogens with one attached hydrogen (secondary N) is 1. The van der Waals surface area contributed by atoms with Gasteiger partial charge in [0.05, 0.1) is 17.8 Å². The lowest BCUT2D eigenvalue weighted by molar-refractivity contribution is 0.0235. The predicted molar refractivity (Wildman–Crippen MR) is 133 cm³/mol. The van der Waals surface area contributed by atoms with Crippen molar-refractivity contribution in [1.82, 2.24) is 19.9 Å². The quantitative estimate of drug-likeness (QED) is 0.477. The van der Waals surface area contributed by atoms with E-state index >= 15 is 0 Å². The van der Waals surface area contributed by atoms with E-state index in [1.807, 2.05) is 26.8 Å². The molecule has 10 heteroatoms. The van der Waals surface area contributed by atoms with Crippen LogP contribution in [-0.4, -0.2) is 61.8 Å². The van der Waals surface area contributed by atoms with Crippen molar-refractivity contribution < 1.29 is 24.2 Å². The van der Waals surface area contributed by atoms with Crippen molar-refractivity contribution in [3.63, 3.8) is 0 Å². The number of hydrogen-bond acceptors (Lipinski definition) is 8. The van der Waals surface area contributed by atoms with E-state index in [4.69, 9.17) is 14.6 Å². The average molecular weight is 492 g/mol. The standard InChI is InChI=1S/C26H29N5O5/c1-26(2,3)36-25(34)31-13-5-7-19(31)15-28-21-16-29-22(18-6-4-12-27-14-18)30-23(21)35-20-10-8-17(9-11-20)24(32)33/h4,6,8-12,14,16,19,28H,5,7,13,15H2,1-3H3,(H,32,33)/t19-/m0/s1. The SMILES string of the molecule is CC(C)(C)OC(=O)N1CCC[C@H]1CNc1cnc(-c2cccnc2)nc1Oc1ccc(C(=O)O)cc1. The maximum Gasteiger partial charge on any atom is 0.410 e. The second-order valence-corrected chi connectivity index (χ2v) is 9.44. The van der Waals surface area contributed by atoms with Gasteiger partial charge in [0.25, 0.3) is 0 Å². The molecule has 1 saturated heterocycles. The number of carbonyl (C=O) groups excluding carboxylic acids is 1. The third kappa shape index (κ3) is 6.26. The van der Waals surface area contributed by atoms with Crippen LogP contribution in [0.15, 0.2) is 55.0 Å². The summed E-state index contributed by atoms with van der Waals surface area (Å²) in [6.07, 6.45) is 6.35. The number of pyridine rings is 1. The molecule has 3 aromatic rings. The van der Waals surface area contributed by atoms with Gasteiger partial charge < -0.3 is 24.8 Å². The van der Waals surface area contributed by atoms with Gasteiger partial charge in [-0.25, -0.2) is 14.6 Å². The Morgan fingerprint density at radius 3 is 2.61 bits per heavy atom. The Labute approximate surface area is 209 Å². The van der Waals surface area contributed by atoms with Gasteiger partial charge in [0, 0.05) is 31.0 Å². The smallest absolute Gasteiger partial charge is 0.410 e. The largest absolute Gasteiger partial charge is 0.478 e. The normalized spacial score (nSPS) is 15.4. The first-order valence-electron chi connectivity index (χ1n) is 11.7. The summed E-state index contributed by atoms with van der Waals surface area (Å²) >= 11 is 0. The van der Waals surface area contributed by atoms with Crippen LogP contribution in [0.4, 0.5) is 10.5 Å². The van der Waals surface area contributed by atoms with E-state index in [0.29, 0.717) is 30.4 Å². The summed E-state index contributed by atoms with van der Waals surface area (Å²) in [6, 6.07) is 9.65. The average Bonchev–Trinajstić information content (AvgIpc) is 3.32. The summed E-state index contributed by atoms with van der Waals surface area (Å²) in [5.41, 5.74) is 0.857. The van der Waals surface area contributed by atoms with Gasteiger partial charge in [0.15, 0.2) is 5.82 Å². The molecule has 0 spiro atoms. The van der Waals surface area contributed by atoms with Crippen LogP contribution in [0, 0.1) is 0 Å². The number of anilines is 1. The molecule has 2 N–H and O–H groups in total. The van der Waals surface area contributed by atoms with Crippen LogP contribution in [0.3, 0.4) is 0 Å². The van der Waals surface area contributed by atoms with Gasteiger partial charge in [-0.15, -0.1) is 0 Å². The molecule has 0 aliphatic carbocycles. The molecule has 10 nitrogen and oxygen atoms in total. The molecule has 188 valence electrons. The molecule has 1 amide bonds. The maximum absolute atomic E-state index is 12.6. The molecule has 2 aromatic heterocycles. The number of aromatic carboxylic acids is 1. The molecule has 1 aliphatic heterocycles. The molecule has 1 aromatic carbocycles. The predicted octanol–water partition coefficient (Wildman–Crippen LogP) is 4.84. The lowest BCUT2D eigenvalue weighted by atomic mass is 10.2. The van der Waals surface area contributed by atoms with Crippen molar-refractivity contribution in [2.24, 2.45) is 0 Å². The molecule has 1 aliphatic rings. The number of carboxylic acid groups (broad SMARTS) is 1. The summed E-state index contributed by atoms with van der Waals surface area (Å²) in [5, 5.41) is 12.5. The number of rotatable bonds is 7. The number of carboxylic acids is 1. The summed E-state index contributed by atoms with van der Waals surface area (Å²) in [5.74, 6) is 0.113. The third-order valence-corrected chi connectivity index (χ3v) is 5.52. The second-order valence-electron chi connectivity index (χ2n) is 9.44. The van der Waals surface area contributed by atoms with Gasteiger partial charge in [0.2, 0.25) is 5.88 Å². The van der Waals surface area contributed by atoms with Gasteiger partial charge in [-0.3, -0.25) is 4.98 Å². The molecule has 0 saturated carbocycles. The molecule has 4 rings (SSSR count). The van der Waals surface area contributed by atoms with Crippen molar-refractivity contribution in [2.75, 3.05) is 18.4 Å². The number of likely N-dealkylation sites (tertiary alicyclic amines) is 1. The Morgan fingerprint density at radius 1 is 1.17 bits per heavy atom. The Bertz CT molecular complexity index is 1210. The van der Waals surface area contributed by atoms with E-state index < -0.39 is 11.6 Å². The first-order valence-corrected chi connectivity index (χ1v) is 11.7. The monoisotopic (exact) mass is 491 g/mol. The molecule has 0 bridgehead atoms. The third-order valence-electron chi connectivity index (χ3n) is 5.52. The molecule has 3 heterocycles. The molecule has 36 heavy (non-hydrogen) atoms. The fourth-order valence-corrected chi connectivity index (χ4v) is 3.81. The zero-order valence-corrected chi connectivity index (χ0v) is 20.5. The van der Waals surface area contributed by atoms with Crippen molar-refractivity contribution in [2.45, 2.75) is 45.3 Å². The highest BCUT2D eigenvalue weighted by Gasteiger charge is 2.32. The fraction of sp³-hybridized carbons (Fsp3) is 0.346. The van der Waals surface area contributed by atoms with Crippen molar-refractivity contribution in [3.05, 3.63) is 60.6 Å². The fourth-order valence-electron chi connectivity index (χ4n) is 3.81. The van der Waals surface area contributed by atoms with E-state index in [0.717, 1.165) is 18.4 Å². The first kappa shape index (κ1) is 24.9. The Kier molecular flexibility index (Phi) is 7.33. The summed E-state index contributed by atoms with van der Waals surface area (Å²) in [7, 11) is 0. The lowest BCUT2D eigenvalue weighted by Crippen LogP contribution is -2.42. The minimum atomic E-state index is -1.02. The van der Waals surface area contributed by atoms with E-state index in [1.165, 1.54) is 12.1 Å². The van der Waals surface area contributed by atoms with Crippen LogP contribution < -0.4 is 10.1 Å². The number of benzene rings is 1. The molecular weight excluding hydrogens is 462 g/mol. The second kappa shape index (κ2) is 10.6. The number of aromatic nitrogens is 3. The highest BCUT2D eigenvalue weighted by atomic mass is 16.6. The van der Waals surface area contributed by atoms with Crippen molar-refractivity contribution in [1.29, 1.82) is 0 Å². The minimum Gasteiger partial charge on any atom is -0.478 e. The van der Waals surface area contributed by atoms with Gasteiger partial charge in [-0.1, -0.05) is 0 Å². The van der Waals surface area contributed by atoms with Crippen LogP contribution in [0.5, 0.6) is 11.6 Å². The molecule has 0 radical (unpaired) electrons. The van der Waals surface area contributed by atoms with Crippen molar-refractivity contribution in [3.8, 4) is 23.0 Å². The molecular formula is C26H29N5O5. The summed E-state index contributed by atoms with van der Waals surface area (Å²) in [4.78, 5) is 38.7. The maximum atomic E-state index is 12.6. The number of nitrogens with zero attached hydrogens (tertiary/aromatic N) is 4. The lowest BCUT2D eigenvalue weighted by Gasteiger charge is -2.29. The van der Waals surface area contributed by atoms with Gasteiger partial charge in [0.1, 0.15) is 17.0 Å². The zero-order chi connectivity index (χ0) is 25.7. The van der Waals surface area contributed by atoms with Gasteiger partial charge in [-0.05, 0) is 70.0 Å². The number of hydrogen-bond donors (Lipinski definition) is 2. The van der Waals surface area contributed by atoms with Crippen LogP contribution >= 0.6 is 0 Å². The van der Waals surface area contributed by atoms with Crippen LogP contribution in [0.25, 0.3) is 11.4 Å². The van der Waals surface area contributed by atoms with E-state index in [1.54, 1.807) is 41.7 Å². The number of amides is 1. The number of ether oxygens (including phenoxy) is 2. The van der Waals surface area contributed by atoms with E-state index in [2.05, 4.69) is 20.3 Å². The molecule has 1 fully saturated rings. The van der Waals surface area contributed by atoms with Crippen LogP contribution in [0.2, 0.25) is 0 Å². The Balaban J connectivity index is 1.55. The van der Waals surface area contributed by atoms with Crippen LogP contribution in [0.1, 0.15) is 44.0 Å². The van der Waals surface area contributed by atoms with Gasteiger partial charge in [-0.2, -0.15) is 4.98 Å². The van der Waals surface area contributed by atoms with E-state index in [-0.39, 0.29) is 23.6 Å². The van der Waals surface area contributed by atoms with E-state index in [9.17, 15) is 9.59 Å². The van der Waals surface area contributed by atoms with Crippen LogP contribution in [-0.2, 0) is 4.74 Å². The highest BCUT2D eigenvalue weighted by molar-refractivity contribution is 5.87. The number of carbonyl (C=O) groups is 2. The minimum absolute atomic E-state index is 0.0550. The Hall–Kier alpha value is -4.21. The highest BCUT2D eigenvalue weighted by Crippen LogP contribution is 2.30.